The van der Waals surface area contributed by atoms with Crippen molar-refractivity contribution >= 4 is 15.5 Å². The van der Waals surface area contributed by atoms with E-state index in [0.717, 1.165) is 19.4 Å². The summed E-state index contributed by atoms with van der Waals surface area (Å²) in [6.45, 7) is 2.48. The molecule has 1 unspecified atom stereocenters. The van der Waals surface area contributed by atoms with E-state index in [9.17, 15) is 17.2 Å². The third-order valence-electron chi connectivity index (χ3n) is 4.95. The summed E-state index contributed by atoms with van der Waals surface area (Å²) < 4.78 is 49.6. The highest BCUT2D eigenvalue weighted by atomic mass is 32.2. The molecule has 7 heteroatoms. The van der Waals surface area contributed by atoms with E-state index in [1.54, 1.807) is 12.1 Å². The van der Waals surface area contributed by atoms with E-state index < -0.39 is 15.6 Å². The SMILES string of the molecule is O=S(=O)(c1ccccc1N1CCC(C2CCCN2)CC1)C(F)F. The number of benzene rings is 1. The first-order valence-corrected chi connectivity index (χ1v) is 9.64. The molecule has 0 bridgehead atoms. The molecule has 1 aromatic carbocycles. The van der Waals surface area contributed by atoms with Crippen LogP contribution in [0.1, 0.15) is 25.7 Å². The van der Waals surface area contributed by atoms with Crippen LogP contribution in [-0.2, 0) is 9.84 Å². The van der Waals surface area contributed by atoms with E-state index in [2.05, 4.69) is 5.32 Å². The molecule has 1 N–H and O–H groups in total. The summed E-state index contributed by atoms with van der Waals surface area (Å²) in [5, 5.41) is 3.52. The van der Waals surface area contributed by atoms with Crippen molar-refractivity contribution in [3.63, 3.8) is 0 Å². The van der Waals surface area contributed by atoms with Gasteiger partial charge in [-0.25, -0.2) is 8.42 Å². The van der Waals surface area contributed by atoms with Crippen LogP contribution < -0.4 is 10.2 Å². The second kappa shape index (κ2) is 6.73. The topological polar surface area (TPSA) is 49.4 Å². The maximum Gasteiger partial charge on any atom is 0.341 e. The average molecular weight is 344 g/mol. The zero-order valence-corrected chi connectivity index (χ0v) is 13.7. The minimum Gasteiger partial charge on any atom is -0.370 e. The zero-order chi connectivity index (χ0) is 16.4. The van der Waals surface area contributed by atoms with Crippen molar-refractivity contribution in [3.05, 3.63) is 24.3 Å². The Hall–Kier alpha value is -1.21. The van der Waals surface area contributed by atoms with E-state index in [1.165, 1.54) is 25.0 Å². The summed E-state index contributed by atoms with van der Waals surface area (Å²) in [5.41, 5.74) is 0.408. The van der Waals surface area contributed by atoms with Crippen LogP contribution in [0, 0.1) is 5.92 Å². The highest BCUT2D eigenvalue weighted by Gasteiger charge is 2.33. The number of nitrogens with zero attached hydrogens (tertiary/aromatic N) is 1. The molecule has 23 heavy (non-hydrogen) atoms. The maximum atomic E-state index is 12.9. The first kappa shape index (κ1) is 16.6. The molecule has 0 radical (unpaired) electrons. The van der Waals surface area contributed by atoms with Crippen molar-refractivity contribution < 1.29 is 17.2 Å². The van der Waals surface area contributed by atoms with E-state index >= 15 is 0 Å². The molecule has 1 aromatic rings. The predicted octanol–water partition coefficient (Wildman–Crippen LogP) is 2.65. The zero-order valence-electron chi connectivity index (χ0n) is 12.9. The van der Waals surface area contributed by atoms with Crippen LogP contribution in [0.15, 0.2) is 29.2 Å². The second-order valence-electron chi connectivity index (χ2n) is 6.30. The first-order valence-electron chi connectivity index (χ1n) is 8.09. The van der Waals surface area contributed by atoms with Gasteiger partial charge in [0.1, 0.15) is 0 Å². The number of para-hydroxylation sites is 1. The average Bonchev–Trinajstić information content (AvgIpc) is 3.09. The van der Waals surface area contributed by atoms with Gasteiger partial charge < -0.3 is 10.2 Å². The Balaban J connectivity index is 1.76. The van der Waals surface area contributed by atoms with Crippen LogP contribution >= 0.6 is 0 Å². The highest BCUT2D eigenvalue weighted by Crippen LogP contribution is 2.33. The number of rotatable bonds is 4. The van der Waals surface area contributed by atoms with Gasteiger partial charge in [-0.1, -0.05) is 12.1 Å². The largest absolute Gasteiger partial charge is 0.370 e. The van der Waals surface area contributed by atoms with Gasteiger partial charge in [0.15, 0.2) is 0 Å². The van der Waals surface area contributed by atoms with Crippen molar-refractivity contribution in [3.8, 4) is 0 Å². The van der Waals surface area contributed by atoms with Crippen LogP contribution in [0.5, 0.6) is 0 Å². The van der Waals surface area contributed by atoms with Crippen molar-refractivity contribution in [2.75, 3.05) is 24.5 Å². The number of hydrogen-bond acceptors (Lipinski definition) is 4. The number of hydrogen-bond donors (Lipinski definition) is 1. The van der Waals surface area contributed by atoms with Crippen molar-refractivity contribution in [2.45, 2.75) is 42.4 Å². The summed E-state index contributed by atoms with van der Waals surface area (Å²) in [7, 11) is -4.57. The Morgan fingerprint density at radius 1 is 1.13 bits per heavy atom. The molecule has 2 aliphatic rings. The predicted molar refractivity (Wildman–Crippen MR) is 85.6 cm³/mol. The Bertz CT molecular complexity index is 637. The molecule has 0 spiro atoms. The van der Waals surface area contributed by atoms with E-state index in [1.807, 2.05) is 4.90 Å². The smallest absolute Gasteiger partial charge is 0.341 e. The lowest BCUT2D eigenvalue weighted by molar-refractivity contribution is 0.234. The minimum atomic E-state index is -4.57. The molecule has 128 valence electrons. The molecule has 2 aliphatic heterocycles. The van der Waals surface area contributed by atoms with Gasteiger partial charge in [-0.2, -0.15) is 8.78 Å². The third-order valence-corrected chi connectivity index (χ3v) is 6.38. The number of anilines is 1. The van der Waals surface area contributed by atoms with Crippen molar-refractivity contribution in [2.24, 2.45) is 5.92 Å². The fourth-order valence-electron chi connectivity index (χ4n) is 3.71. The minimum absolute atomic E-state index is 0.257. The van der Waals surface area contributed by atoms with Gasteiger partial charge in [0.05, 0.1) is 10.6 Å². The van der Waals surface area contributed by atoms with E-state index in [-0.39, 0.29) is 4.90 Å². The van der Waals surface area contributed by atoms with Crippen LogP contribution in [-0.4, -0.2) is 39.9 Å². The van der Waals surface area contributed by atoms with Crippen molar-refractivity contribution in [1.29, 1.82) is 0 Å². The molecule has 2 heterocycles. The first-order chi connectivity index (χ1) is 11.0. The number of piperidine rings is 1. The highest BCUT2D eigenvalue weighted by molar-refractivity contribution is 7.91. The molecule has 4 nitrogen and oxygen atoms in total. The Morgan fingerprint density at radius 3 is 2.43 bits per heavy atom. The molecule has 0 aromatic heterocycles. The standard InChI is InChI=1S/C16H22F2N2O2S/c17-16(18)23(21,22)15-6-2-1-5-14(15)20-10-7-12(8-11-20)13-4-3-9-19-13/h1-2,5-6,12-13,16,19H,3-4,7-11H2. The molecule has 0 amide bonds. The van der Waals surface area contributed by atoms with Gasteiger partial charge in [0, 0.05) is 19.1 Å². The molecular formula is C16H22F2N2O2S. The van der Waals surface area contributed by atoms with Gasteiger partial charge in [0.2, 0.25) is 9.84 Å². The Labute approximate surface area is 135 Å². The molecule has 2 fully saturated rings. The van der Waals surface area contributed by atoms with Gasteiger partial charge in [-0.3, -0.25) is 0 Å². The second-order valence-corrected chi connectivity index (χ2v) is 8.19. The molecule has 1 atom stereocenters. The lowest BCUT2D eigenvalue weighted by Gasteiger charge is -2.37. The molecule has 0 saturated carbocycles. The van der Waals surface area contributed by atoms with Crippen molar-refractivity contribution in [1.82, 2.24) is 5.32 Å². The molecule has 2 saturated heterocycles. The fourth-order valence-corrected chi connectivity index (χ4v) is 4.66. The maximum absolute atomic E-state index is 12.9. The Morgan fingerprint density at radius 2 is 1.83 bits per heavy atom. The van der Waals surface area contributed by atoms with Gasteiger partial charge >= 0.3 is 5.76 Å². The molecule has 3 rings (SSSR count). The Kier molecular flexibility index (Phi) is 4.87. The summed E-state index contributed by atoms with van der Waals surface area (Å²) >= 11 is 0. The monoisotopic (exact) mass is 344 g/mol. The van der Waals surface area contributed by atoms with E-state index in [4.69, 9.17) is 0 Å². The van der Waals surface area contributed by atoms with Gasteiger partial charge in [0.25, 0.3) is 0 Å². The summed E-state index contributed by atoms with van der Waals surface area (Å²) in [6.07, 6.45) is 4.32. The number of halogens is 2. The number of nitrogens with one attached hydrogen (secondary N) is 1. The van der Waals surface area contributed by atoms with Crippen LogP contribution in [0.4, 0.5) is 14.5 Å². The molecule has 0 aliphatic carbocycles. The van der Waals surface area contributed by atoms with Crippen LogP contribution in [0.2, 0.25) is 0 Å². The number of alkyl halides is 2. The normalized spacial score (nSPS) is 23.6. The molecular weight excluding hydrogens is 322 g/mol. The van der Waals surface area contributed by atoms with E-state index in [0.29, 0.717) is 30.7 Å². The number of sulfone groups is 1. The quantitative estimate of drug-likeness (QED) is 0.912. The summed E-state index contributed by atoms with van der Waals surface area (Å²) in [5.74, 6) is -2.79. The third kappa shape index (κ3) is 3.35. The lowest BCUT2D eigenvalue weighted by atomic mass is 9.88. The summed E-state index contributed by atoms with van der Waals surface area (Å²) in [4.78, 5) is 1.67. The summed E-state index contributed by atoms with van der Waals surface area (Å²) in [6, 6.07) is 6.65. The lowest BCUT2D eigenvalue weighted by Crippen LogP contribution is -2.41. The van der Waals surface area contributed by atoms with Gasteiger partial charge in [-0.15, -0.1) is 0 Å². The van der Waals surface area contributed by atoms with Crippen LogP contribution in [0.3, 0.4) is 0 Å². The van der Waals surface area contributed by atoms with Gasteiger partial charge in [-0.05, 0) is 50.3 Å². The van der Waals surface area contributed by atoms with Crippen LogP contribution in [0.25, 0.3) is 0 Å². The fraction of sp³-hybridized carbons (Fsp3) is 0.625.